The lowest BCUT2D eigenvalue weighted by molar-refractivity contribution is 0.648. The highest BCUT2D eigenvalue weighted by Crippen LogP contribution is 2.22. The third kappa shape index (κ3) is 5.71. The van der Waals surface area contributed by atoms with Crippen LogP contribution in [0.15, 0.2) is 134 Å². The minimum Gasteiger partial charge on any atom is -0.380 e. The van der Waals surface area contributed by atoms with Crippen LogP contribution in [0.2, 0.25) is 0 Å². The highest BCUT2D eigenvalue weighted by molar-refractivity contribution is 5.33. The van der Waals surface area contributed by atoms with Gasteiger partial charge in [0.2, 0.25) is 0 Å². The van der Waals surface area contributed by atoms with Crippen molar-refractivity contribution >= 4 is 0 Å². The quantitative estimate of drug-likeness (QED) is 0.344. The minimum absolute atomic E-state index is 0.123. The van der Waals surface area contributed by atoms with Crippen molar-refractivity contribution in [2.75, 3.05) is 6.54 Å². The van der Waals surface area contributed by atoms with Crippen molar-refractivity contribution in [1.29, 1.82) is 0 Å². The van der Waals surface area contributed by atoms with Crippen LogP contribution in [0.3, 0.4) is 0 Å². The maximum absolute atomic E-state index is 3.68. The van der Waals surface area contributed by atoms with E-state index in [0.29, 0.717) is 0 Å². The molecule has 0 atom stereocenters. The molecule has 0 fully saturated rings. The SMILES string of the molecule is C(=CNC(c1ccccc1)c1ccccc1)CNC(c1ccccc1)c1ccccc1. The van der Waals surface area contributed by atoms with Gasteiger partial charge in [0, 0.05) is 6.54 Å². The smallest absolute Gasteiger partial charge is 0.0762 e. The molecular weight excluding hydrogens is 376 g/mol. The Hall–Kier alpha value is -3.62. The maximum Gasteiger partial charge on any atom is 0.0762 e. The molecule has 2 N–H and O–H groups in total. The van der Waals surface area contributed by atoms with E-state index in [9.17, 15) is 0 Å². The van der Waals surface area contributed by atoms with E-state index in [1.54, 1.807) is 0 Å². The van der Waals surface area contributed by atoms with Crippen LogP contribution in [0.25, 0.3) is 0 Å². The zero-order valence-electron chi connectivity index (χ0n) is 17.6. The van der Waals surface area contributed by atoms with E-state index in [1.807, 2.05) is 0 Å². The van der Waals surface area contributed by atoms with Crippen LogP contribution in [0.5, 0.6) is 0 Å². The molecule has 0 heterocycles. The van der Waals surface area contributed by atoms with Gasteiger partial charge in [0.25, 0.3) is 0 Å². The summed E-state index contributed by atoms with van der Waals surface area (Å²) in [6.07, 6.45) is 4.21. The van der Waals surface area contributed by atoms with Crippen molar-refractivity contribution in [3.05, 3.63) is 156 Å². The van der Waals surface area contributed by atoms with Gasteiger partial charge < -0.3 is 10.6 Å². The van der Waals surface area contributed by atoms with Gasteiger partial charge in [-0.3, -0.25) is 0 Å². The van der Waals surface area contributed by atoms with Gasteiger partial charge in [0.1, 0.15) is 0 Å². The first-order chi connectivity index (χ1) is 15.4. The Morgan fingerprint density at radius 3 is 1.23 bits per heavy atom. The summed E-state index contributed by atoms with van der Waals surface area (Å²) in [4.78, 5) is 0. The van der Waals surface area contributed by atoms with Crippen LogP contribution < -0.4 is 10.6 Å². The molecule has 0 aliphatic carbocycles. The Bertz CT molecular complexity index is 966. The molecule has 4 aromatic rings. The second-order valence-corrected chi connectivity index (χ2v) is 7.49. The molecule has 2 nitrogen and oxygen atoms in total. The molecule has 0 bridgehead atoms. The number of rotatable bonds is 9. The highest BCUT2D eigenvalue weighted by Gasteiger charge is 2.13. The summed E-state index contributed by atoms with van der Waals surface area (Å²) in [5.74, 6) is 0. The Kier molecular flexibility index (Phi) is 7.30. The maximum atomic E-state index is 3.68. The Balaban J connectivity index is 1.44. The average Bonchev–Trinajstić information content (AvgIpc) is 2.86. The lowest BCUT2D eigenvalue weighted by Crippen LogP contribution is -2.23. The molecule has 2 heteroatoms. The first kappa shape index (κ1) is 20.6. The Labute approximate surface area is 185 Å². The van der Waals surface area contributed by atoms with Gasteiger partial charge in [-0.25, -0.2) is 0 Å². The average molecular weight is 405 g/mol. The van der Waals surface area contributed by atoms with Gasteiger partial charge in [-0.05, 0) is 28.5 Å². The lowest BCUT2D eigenvalue weighted by Gasteiger charge is -2.20. The number of hydrogen-bond donors (Lipinski definition) is 2. The molecule has 0 aliphatic heterocycles. The van der Waals surface area contributed by atoms with E-state index in [4.69, 9.17) is 0 Å². The standard InChI is InChI=1S/C29H28N2/c1-5-14-24(15-6-1)28(25-16-7-2-8-17-25)30-22-13-23-31-29(26-18-9-3-10-19-26)27-20-11-4-12-21-27/h1-22,28-31H,23H2. The molecule has 4 aromatic carbocycles. The summed E-state index contributed by atoms with van der Waals surface area (Å²) in [6, 6.07) is 42.6. The summed E-state index contributed by atoms with van der Waals surface area (Å²) in [5, 5.41) is 7.26. The predicted octanol–water partition coefficient (Wildman–Crippen LogP) is 6.26. The summed E-state index contributed by atoms with van der Waals surface area (Å²) >= 11 is 0. The number of hydrogen-bond acceptors (Lipinski definition) is 2. The molecule has 0 radical (unpaired) electrons. The summed E-state index contributed by atoms with van der Waals surface area (Å²) < 4.78 is 0. The van der Waals surface area contributed by atoms with E-state index >= 15 is 0 Å². The molecule has 0 amide bonds. The van der Waals surface area contributed by atoms with Gasteiger partial charge in [0.15, 0.2) is 0 Å². The van der Waals surface area contributed by atoms with Crippen molar-refractivity contribution in [3.63, 3.8) is 0 Å². The zero-order valence-corrected chi connectivity index (χ0v) is 17.6. The summed E-state index contributed by atoms with van der Waals surface area (Å²) in [6.45, 7) is 0.762. The Morgan fingerprint density at radius 2 is 0.839 bits per heavy atom. The molecule has 154 valence electrons. The number of nitrogens with one attached hydrogen (secondary N) is 2. The first-order valence-electron chi connectivity index (χ1n) is 10.8. The fourth-order valence-electron chi connectivity index (χ4n) is 3.80. The third-order valence-electron chi connectivity index (χ3n) is 5.35. The molecule has 31 heavy (non-hydrogen) atoms. The van der Waals surface area contributed by atoms with Gasteiger partial charge in [-0.2, -0.15) is 0 Å². The molecule has 0 unspecified atom stereocenters. The van der Waals surface area contributed by atoms with Gasteiger partial charge in [-0.15, -0.1) is 0 Å². The molecule has 4 rings (SSSR count). The second kappa shape index (κ2) is 11.0. The van der Waals surface area contributed by atoms with Crippen molar-refractivity contribution in [1.82, 2.24) is 10.6 Å². The van der Waals surface area contributed by atoms with Crippen LogP contribution in [-0.2, 0) is 0 Å². The molecular formula is C29H28N2. The van der Waals surface area contributed by atoms with E-state index in [0.717, 1.165) is 6.54 Å². The van der Waals surface area contributed by atoms with Crippen LogP contribution in [-0.4, -0.2) is 6.54 Å². The molecule has 0 saturated heterocycles. The topological polar surface area (TPSA) is 24.1 Å². The highest BCUT2D eigenvalue weighted by atomic mass is 14.9. The van der Waals surface area contributed by atoms with Gasteiger partial charge >= 0.3 is 0 Å². The minimum atomic E-state index is 0.123. The number of benzene rings is 4. The molecule has 0 spiro atoms. The monoisotopic (exact) mass is 404 g/mol. The van der Waals surface area contributed by atoms with Crippen LogP contribution in [0.4, 0.5) is 0 Å². The van der Waals surface area contributed by atoms with E-state index < -0.39 is 0 Å². The fourth-order valence-corrected chi connectivity index (χ4v) is 3.80. The van der Waals surface area contributed by atoms with Gasteiger partial charge in [0.05, 0.1) is 12.1 Å². The lowest BCUT2D eigenvalue weighted by atomic mass is 9.98. The van der Waals surface area contributed by atoms with Crippen LogP contribution in [0, 0.1) is 0 Å². The summed E-state index contributed by atoms with van der Waals surface area (Å²) in [7, 11) is 0. The molecule has 0 saturated carbocycles. The van der Waals surface area contributed by atoms with Crippen molar-refractivity contribution < 1.29 is 0 Å². The first-order valence-corrected chi connectivity index (χ1v) is 10.8. The van der Waals surface area contributed by atoms with Crippen LogP contribution >= 0.6 is 0 Å². The van der Waals surface area contributed by atoms with Crippen molar-refractivity contribution in [3.8, 4) is 0 Å². The largest absolute Gasteiger partial charge is 0.380 e. The Morgan fingerprint density at radius 1 is 0.484 bits per heavy atom. The van der Waals surface area contributed by atoms with Gasteiger partial charge in [-0.1, -0.05) is 127 Å². The third-order valence-corrected chi connectivity index (χ3v) is 5.35. The van der Waals surface area contributed by atoms with E-state index in [1.165, 1.54) is 22.3 Å². The predicted molar refractivity (Wildman–Crippen MR) is 130 cm³/mol. The second-order valence-electron chi connectivity index (χ2n) is 7.49. The molecule has 0 aromatic heterocycles. The van der Waals surface area contributed by atoms with E-state index in [2.05, 4.69) is 144 Å². The normalized spacial score (nSPS) is 11.3. The zero-order chi connectivity index (χ0) is 21.1. The van der Waals surface area contributed by atoms with Crippen molar-refractivity contribution in [2.45, 2.75) is 12.1 Å². The van der Waals surface area contributed by atoms with Crippen LogP contribution in [0.1, 0.15) is 34.3 Å². The molecule has 0 aliphatic rings. The van der Waals surface area contributed by atoms with Crippen molar-refractivity contribution in [2.24, 2.45) is 0 Å². The summed E-state index contributed by atoms with van der Waals surface area (Å²) in [5.41, 5.74) is 5.03. The fraction of sp³-hybridized carbons (Fsp3) is 0.103. The van der Waals surface area contributed by atoms with E-state index in [-0.39, 0.29) is 12.1 Å².